The van der Waals surface area contributed by atoms with E-state index in [1.807, 2.05) is 24.3 Å². The van der Waals surface area contributed by atoms with Crippen LogP contribution in [0.5, 0.6) is 0 Å². The van der Waals surface area contributed by atoms with Crippen LogP contribution in [0.4, 0.5) is 0 Å². The Morgan fingerprint density at radius 1 is 1.43 bits per heavy atom. The molecule has 0 aliphatic carbocycles. The Morgan fingerprint density at radius 2 is 2.14 bits per heavy atom. The van der Waals surface area contributed by atoms with Crippen LogP contribution in [0.25, 0.3) is 0 Å². The summed E-state index contributed by atoms with van der Waals surface area (Å²) in [5.41, 5.74) is 7.49. The number of piperidine rings is 1. The van der Waals surface area contributed by atoms with Crippen molar-refractivity contribution in [2.24, 2.45) is 5.73 Å². The molecule has 1 aromatic carbocycles. The van der Waals surface area contributed by atoms with Gasteiger partial charge in [0.1, 0.15) is 0 Å². The number of likely N-dealkylation sites (N-methyl/N-ethyl adjacent to an activating group) is 1. The molecule has 116 valence electrons. The number of hydrogen-bond acceptors (Lipinski definition) is 4. The van der Waals surface area contributed by atoms with Gasteiger partial charge in [0.05, 0.1) is 12.1 Å². The maximum Gasteiger partial charge on any atom is 0.237 e. The molecule has 1 aliphatic heterocycles. The van der Waals surface area contributed by atoms with Crippen LogP contribution >= 0.6 is 0 Å². The molecule has 5 heteroatoms. The molecular formula is C16H25N3O2. The Hall–Kier alpha value is -1.43. The number of carbonyl (C=O) groups excluding carboxylic acids is 1. The first kappa shape index (κ1) is 15.9. The number of rotatable bonds is 5. The maximum atomic E-state index is 11.9. The standard InChI is InChI=1S/C16H25N3O2/c1-18-16(21)14-4-2-3-9-19(14)11-15(20)13-7-5-12(10-17)6-8-13/h5-8,14-15,20H,2-4,9-11,17H2,1H3,(H,18,21). The normalized spacial score (nSPS) is 21.0. The molecule has 4 N–H and O–H groups in total. The molecule has 0 aromatic heterocycles. The van der Waals surface area contributed by atoms with Gasteiger partial charge in [0.15, 0.2) is 0 Å². The molecule has 0 saturated carbocycles. The van der Waals surface area contributed by atoms with Crippen LogP contribution in [0, 0.1) is 0 Å². The number of β-amino-alcohol motifs (C(OH)–C–C–N with tert-alkyl or cyclic N) is 1. The summed E-state index contributed by atoms with van der Waals surface area (Å²) in [7, 11) is 1.66. The first-order chi connectivity index (χ1) is 10.2. The zero-order valence-corrected chi connectivity index (χ0v) is 12.6. The number of carbonyl (C=O) groups is 1. The smallest absolute Gasteiger partial charge is 0.237 e. The third-order valence-corrected chi connectivity index (χ3v) is 4.17. The minimum absolute atomic E-state index is 0.0420. The Labute approximate surface area is 126 Å². The summed E-state index contributed by atoms with van der Waals surface area (Å²) in [4.78, 5) is 14.0. The number of benzene rings is 1. The van der Waals surface area contributed by atoms with Gasteiger partial charge in [0, 0.05) is 20.1 Å². The van der Waals surface area contributed by atoms with Crippen LogP contribution in [0.15, 0.2) is 24.3 Å². The zero-order chi connectivity index (χ0) is 15.2. The third-order valence-electron chi connectivity index (χ3n) is 4.17. The topological polar surface area (TPSA) is 78.6 Å². The molecule has 0 radical (unpaired) electrons. The lowest BCUT2D eigenvalue weighted by molar-refractivity contribution is -0.127. The van der Waals surface area contributed by atoms with Crippen molar-refractivity contribution in [1.82, 2.24) is 10.2 Å². The Morgan fingerprint density at radius 3 is 2.76 bits per heavy atom. The average molecular weight is 291 g/mol. The highest BCUT2D eigenvalue weighted by Crippen LogP contribution is 2.22. The number of hydrogen-bond donors (Lipinski definition) is 3. The fourth-order valence-corrected chi connectivity index (χ4v) is 2.88. The molecule has 1 aliphatic rings. The number of nitrogens with one attached hydrogen (secondary N) is 1. The summed E-state index contributed by atoms with van der Waals surface area (Å²) in [6.07, 6.45) is 2.42. The first-order valence-corrected chi connectivity index (χ1v) is 7.58. The van der Waals surface area contributed by atoms with E-state index in [0.717, 1.165) is 36.9 Å². The molecule has 1 saturated heterocycles. The molecule has 2 unspecified atom stereocenters. The fraction of sp³-hybridized carbons (Fsp3) is 0.562. The van der Waals surface area contributed by atoms with E-state index in [1.165, 1.54) is 0 Å². The second kappa shape index (κ2) is 7.54. The van der Waals surface area contributed by atoms with Gasteiger partial charge in [-0.05, 0) is 30.5 Å². The summed E-state index contributed by atoms with van der Waals surface area (Å²) in [5.74, 6) is 0.0420. The van der Waals surface area contributed by atoms with Crippen molar-refractivity contribution in [2.45, 2.75) is 38.0 Å². The minimum atomic E-state index is -0.581. The lowest BCUT2D eigenvalue weighted by atomic mass is 9.99. The van der Waals surface area contributed by atoms with Crippen LogP contribution < -0.4 is 11.1 Å². The molecule has 1 aromatic rings. The number of aliphatic hydroxyl groups is 1. The maximum absolute atomic E-state index is 11.9. The molecule has 1 fully saturated rings. The van der Waals surface area contributed by atoms with Gasteiger partial charge in [-0.15, -0.1) is 0 Å². The predicted molar refractivity (Wildman–Crippen MR) is 82.6 cm³/mol. The predicted octanol–water partition coefficient (Wildman–Crippen LogP) is 0.779. The van der Waals surface area contributed by atoms with E-state index >= 15 is 0 Å². The van der Waals surface area contributed by atoms with E-state index in [1.54, 1.807) is 7.05 Å². The molecular weight excluding hydrogens is 266 g/mol. The van der Waals surface area contributed by atoms with Gasteiger partial charge in [-0.3, -0.25) is 9.69 Å². The van der Waals surface area contributed by atoms with Crippen molar-refractivity contribution < 1.29 is 9.90 Å². The Balaban J connectivity index is 2.01. The van der Waals surface area contributed by atoms with Crippen LogP contribution in [0.1, 0.15) is 36.5 Å². The van der Waals surface area contributed by atoms with E-state index in [4.69, 9.17) is 5.73 Å². The highest BCUT2D eigenvalue weighted by atomic mass is 16.3. The van der Waals surface area contributed by atoms with Gasteiger partial charge in [-0.25, -0.2) is 0 Å². The van der Waals surface area contributed by atoms with E-state index < -0.39 is 6.10 Å². The zero-order valence-electron chi connectivity index (χ0n) is 12.6. The van der Waals surface area contributed by atoms with E-state index in [0.29, 0.717) is 13.1 Å². The van der Waals surface area contributed by atoms with Gasteiger partial charge in [0.25, 0.3) is 0 Å². The minimum Gasteiger partial charge on any atom is -0.387 e. The number of amides is 1. The molecule has 2 atom stereocenters. The Kier molecular flexibility index (Phi) is 5.73. The van der Waals surface area contributed by atoms with Gasteiger partial charge >= 0.3 is 0 Å². The highest BCUT2D eigenvalue weighted by molar-refractivity contribution is 5.81. The van der Waals surface area contributed by atoms with Crippen LogP contribution in [-0.4, -0.2) is 42.1 Å². The van der Waals surface area contributed by atoms with Crippen molar-refractivity contribution in [2.75, 3.05) is 20.1 Å². The van der Waals surface area contributed by atoms with Crippen LogP contribution in [-0.2, 0) is 11.3 Å². The molecule has 0 bridgehead atoms. The number of likely N-dealkylation sites (tertiary alicyclic amines) is 1. The summed E-state index contributed by atoms with van der Waals surface area (Å²) < 4.78 is 0. The second-order valence-electron chi connectivity index (χ2n) is 5.58. The molecule has 1 amide bonds. The summed E-state index contributed by atoms with van der Waals surface area (Å²) in [5, 5.41) is 13.1. The lowest BCUT2D eigenvalue weighted by Gasteiger charge is -2.35. The number of aliphatic hydroxyl groups excluding tert-OH is 1. The second-order valence-corrected chi connectivity index (χ2v) is 5.58. The number of nitrogens with zero attached hydrogens (tertiary/aromatic N) is 1. The monoisotopic (exact) mass is 291 g/mol. The Bertz CT molecular complexity index is 461. The molecule has 0 spiro atoms. The van der Waals surface area contributed by atoms with Crippen molar-refractivity contribution in [3.8, 4) is 0 Å². The number of nitrogens with two attached hydrogens (primary N) is 1. The van der Waals surface area contributed by atoms with Crippen molar-refractivity contribution in [3.63, 3.8) is 0 Å². The van der Waals surface area contributed by atoms with Crippen LogP contribution in [0.2, 0.25) is 0 Å². The lowest BCUT2D eigenvalue weighted by Crippen LogP contribution is -2.49. The van der Waals surface area contributed by atoms with Crippen molar-refractivity contribution in [1.29, 1.82) is 0 Å². The van der Waals surface area contributed by atoms with Gasteiger partial charge in [-0.1, -0.05) is 30.7 Å². The SMILES string of the molecule is CNC(=O)C1CCCCN1CC(O)c1ccc(CN)cc1. The summed E-state index contributed by atoms with van der Waals surface area (Å²) >= 11 is 0. The summed E-state index contributed by atoms with van der Waals surface area (Å²) in [6.45, 7) is 1.84. The molecule has 1 heterocycles. The largest absolute Gasteiger partial charge is 0.387 e. The molecule has 2 rings (SSSR count). The molecule has 21 heavy (non-hydrogen) atoms. The van der Waals surface area contributed by atoms with Crippen molar-refractivity contribution >= 4 is 5.91 Å². The third kappa shape index (κ3) is 4.03. The summed E-state index contributed by atoms with van der Waals surface area (Å²) in [6, 6.07) is 7.56. The van der Waals surface area contributed by atoms with E-state index in [2.05, 4.69) is 10.2 Å². The van der Waals surface area contributed by atoms with Gasteiger partial charge < -0.3 is 16.2 Å². The van der Waals surface area contributed by atoms with E-state index in [-0.39, 0.29) is 11.9 Å². The van der Waals surface area contributed by atoms with Gasteiger partial charge in [0.2, 0.25) is 5.91 Å². The first-order valence-electron chi connectivity index (χ1n) is 7.58. The van der Waals surface area contributed by atoms with Crippen molar-refractivity contribution in [3.05, 3.63) is 35.4 Å². The highest BCUT2D eigenvalue weighted by Gasteiger charge is 2.29. The van der Waals surface area contributed by atoms with Crippen LogP contribution in [0.3, 0.4) is 0 Å². The molecule has 5 nitrogen and oxygen atoms in total. The average Bonchev–Trinajstić information content (AvgIpc) is 2.54. The quantitative estimate of drug-likeness (QED) is 0.749. The fourth-order valence-electron chi connectivity index (χ4n) is 2.88. The van der Waals surface area contributed by atoms with E-state index in [9.17, 15) is 9.90 Å². The van der Waals surface area contributed by atoms with Gasteiger partial charge in [-0.2, -0.15) is 0 Å².